The molecule has 1 amide bonds. The Morgan fingerprint density at radius 3 is 2.64 bits per heavy atom. The first-order valence-corrected chi connectivity index (χ1v) is 7.60. The molecule has 0 saturated heterocycles. The fraction of sp³-hybridized carbons (Fsp3) is 0.333. The van der Waals surface area contributed by atoms with Crippen molar-refractivity contribution in [2.75, 3.05) is 6.54 Å². The monoisotopic (exact) mass is 341 g/mol. The summed E-state index contributed by atoms with van der Waals surface area (Å²) >= 11 is 11.7. The molecule has 0 radical (unpaired) electrons. The average Bonchev–Trinajstić information content (AvgIpc) is 2.95. The predicted molar refractivity (Wildman–Crippen MR) is 85.8 cm³/mol. The van der Waals surface area contributed by atoms with Crippen LogP contribution in [0.1, 0.15) is 18.6 Å². The summed E-state index contributed by atoms with van der Waals surface area (Å²) in [6.07, 6.45) is 2.27. The van der Waals surface area contributed by atoms with Gasteiger partial charge in [-0.25, -0.2) is 0 Å². The van der Waals surface area contributed by atoms with Gasteiger partial charge in [0.2, 0.25) is 0 Å². The van der Waals surface area contributed by atoms with E-state index in [2.05, 4.69) is 10.4 Å². The van der Waals surface area contributed by atoms with E-state index in [9.17, 15) is 9.90 Å². The lowest BCUT2D eigenvalue weighted by atomic mass is 10.1. The second-order valence-corrected chi connectivity index (χ2v) is 6.06. The maximum atomic E-state index is 12.0. The van der Waals surface area contributed by atoms with Crippen LogP contribution in [0.25, 0.3) is 0 Å². The Labute approximate surface area is 138 Å². The molecule has 2 N–H and O–H groups in total. The maximum absolute atomic E-state index is 12.0. The zero-order chi connectivity index (χ0) is 16.1. The van der Waals surface area contributed by atoms with Gasteiger partial charge in [-0.1, -0.05) is 30.1 Å². The summed E-state index contributed by atoms with van der Waals surface area (Å²) in [4.78, 5) is 12.0. The third-order valence-corrected chi connectivity index (χ3v) is 3.57. The molecular formula is C15H17Cl2N3O2. The molecule has 0 fully saturated rings. The van der Waals surface area contributed by atoms with Gasteiger partial charge < -0.3 is 10.4 Å². The Morgan fingerprint density at radius 1 is 1.36 bits per heavy atom. The van der Waals surface area contributed by atoms with Gasteiger partial charge in [-0.15, -0.1) is 0 Å². The van der Waals surface area contributed by atoms with Gasteiger partial charge in [0.15, 0.2) is 6.10 Å². The van der Waals surface area contributed by atoms with Gasteiger partial charge >= 0.3 is 0 Å². The van der Waals surface area contributed by atoms with Gasteiger partial charge in [-0.2, -0.15) is 5.10 Å². The number of rotatable bonds is 6. The van der Waals surface area contributed by atoms with Crippen molar-refractivity contribution in [3.8, 4) is 0 Å². The lowest BCUT2D eigenvalue weighted by molar-refractivity contribution is -0.129. The largest absolute Gasteiger partial charge is 0.378 e. The lowest BCUT2D eigenvalue weighted by Gasteiger charge is -2.16. The number of hydrogen-bond acceptors (Lipinski definition) is 3. The molecule has 0 aliphatic carbocycles. The Hall–Kier alpha value is -1.56. The van der Waals surface area contributed by atoms with Crippen LogP contribution in [0.4, 0.5) is 0 Å². The lowest BCUT2D eigenvalue weighted by Crippen LogP contribution is -2.33. The summed E-state index contributed by atoms with van der Waals surface area (Å²) in [7, 11) is 0. The maximum Gasteiger partial charge on any atom is 0.253 e. The van der Waals surface area contributed by atoms with Crippen molar-refractivity contribution in [3.63, 3.8) is 0 Å². The minimum absolute atomic E-state index is 0.180. The van der Waals surface area contributed by atoms with Crippen molar-refractivity contribution in [3.05, 3.63) is 52.3 Å². The first-order chi connectivity index (χ1) is 10.5. The second-order valence-electron chi connectivity index (χ2n) is 5.18. The molecule has 0 aliphatic rings. The highest BCUT2D eigenvalue weighted by atomic mass is 35.5. The molecule has 0 aliphatic heterocycles. The molecular weight excluding hydrogens is 325 g/mol. The first-order valence-electron chi connectivity index (χ1n) is 6.85. The standard InChI is InChI=1S/C15H17Cl2N3O2/c1-10(9-20-4-2-3-19-20)8-18-15(22)14(21)11-5-12(16)7-13(17)6-11/h2-7,10,14,21H,8-9H2,1H3,(H,18,22)/t10-,14+/m1/s1. The molecule has 2 aromatic rings. The molecule has 0 saturated carbocycles. The second kappa shape index (κ2) is 7.63. The van der Waals surface area contributed by atoms with E-state index >= 15 is 0 Å². The van der Waals surface area contributed by atoms with Crippen molar-refractivity contribution >= 4 is 29.1 Å². The van der Waals surface area contributed by atoms with Gasteiger partial charge in [-0.05, 0) is 35.7 Å². The number of aliphatic hydroxyl groups excluding tert-OH is 1. The van der Waals surface area contributed by atoms with Crippen LogP contribution in [0, 0.1) is 5.92 Å². The van der Waals surface area contributed by atoms with E-state index in [1.165, 1.54) is 12.1 Å². The number of aliphatic hydroxyl groups is 1. The molecule has 1 heterocycles. The van der Waals surface area contributed by atoms with E-state index < -0.39 is 12.0 Å². The van der Waals surface area contributed by atoms with Gasteiger partial charge in [0.25, 0.3) is 5.91 Å². The van der Waals surface area contributed by atoms with Crippen LogP contribution < -0.4 is 5.32 Å². The number of carbonyl (C=O) groups is 1. The quantitative estimate of drug-likeness (QED) is 0.848. The summed E-state index contributed by atoms with van der Waals surface area (Å²) in [5.41, 5.74) is 0.370. The van der Waals surface area contributed by atoms with Gasteiger partial charge in [0.1, 0.15) is 0 Å². The number of benzene rings is 1. The number of amides is 1. The highest BCUT2D eigenvalue weighted by Crippen LogP contribution is 2.23. The normalized spacial score (nSPS) is 13.6. The molecule has 7 heteroatoms. The Bertz CT molecular complexity index is 611. The predicted octanol–water partition coefficient (Wildman–Crippen LogP) is 2.68. The number of nitrogens with zero attached hydrogens (tertiary/aromatic N) is 2. The molecule has 0 bridgehead atoms. The van der Waals surface area contributed by atoms with E-state index in [4.69, 9.17) is 23.2 Å². The number of halogens is 2. The van der Waals surface area contributed by atoms with Crippen molar-refractivity contribution in [2.45, 2.75) is 19.6 Å². The number of aromatic nitrogens is 2. The van der Waals surface area contributed by atoms with Crippen molar-refractivity contribution < 1.29 is 9.90 Å². The van der Waals surface area contributed by atoms with E-state index in [-0.39, 0.29) is 5.92 Å². The van der Waals surface area contributed by atoms with Crippen LogP contribution in [0.15, 0.2) is 36.7 Å². The number of nitrogens with one attached hydrogen (secondary N) is 1. The summed E-state index contributed by atoms with van der Waals surface area (Å²) in [5.74, 6) is -0.301. The molecule has 1 aromatic carbocycles. The van der Waals surface area contributed by atoms with Crippen molar-refractivity contribution in [1.82, 2.24) is 15.1 Å². The zero-order valence-electron chi connectivity index (χ0n) is 12.0. The van der Waals surface area contributed by atoms with E-state index in [0.717, 1.165) is 0 Å². The SMILES string of the molecule is C[C@H](CNC(=O)[C@@H](O)c1cc(Cl)cc(Cl)c1)Cn1cccn1. The average molecular weight is 342 g/mol. The number of hydrogen-bond donors (Lipinski definition) is 2. The van der Waals surface area contributed by atoms with Crippen molar-refractivity contribution in [1.29, 1.82) is 0 Å². The molecule has 0 spiro atoms. The summed E-state index contributed by atoms with van der Waals surface area (Å²) in [6.45, 7) is 3.11. The van der Waals surface area contributed by atoms with E-state index in [0.29, 0.717) is 28.7 Å². The van der Waals surface area contributed by atoms with Crippen LogP contribution in [0.3, 0.4) is 0 Å². The Balaban J connectivity index is 1.88. The van der Waals surface area contributed by atoms with Crippen LogP contribution in [0.5, 0.6) is 0 Å². The summed E-state index contributed by atoms with van der Waals surface area (Å²) < 4.78 is 1.80. The van der Waals surface area contributed by atoms with Gasteiger partial charge in [0, 0.05) is 35.5 Å². The highest BCUT2D eigenvalue weighted by Gasteiger charge is 2.18. The van der Waals surface area contributed by atoms with E-state index in [1.54, 1.807) is 16.9 Å². The molecule has 5 nitrogen and oxygen atoms in total. The fourth-order valence-corrected chi connectivity index (χ4v) is 2.59. The molecule has 22 heavy (non-hydrogen) atoms. The highest BCUT2D eigenvalue weighted by molar-refractivity contribution is 6.34. The Kier molecular flexibility index (Phi) is 5.83. The minimum atomic E-state index is -1.30. The zero-order valence-corrected chi connectivity index (χ0v) is 13.6. The summed E-state index contributed by atoms with van der Waals surface area (Å²) in [5, 5.41) is 17.6. The third kappa shape index (κ3) is 4.73. The van der Waals surface area contributed by atoms with Crippen LogP contribution in [-0.4, -0.2) is 27.3 Å². The van der Waals surface area contributed by atoms with Crippen LogP contribution in [0.2, 0.25) is 10.0 Å². The molecule has 2 rings (SSSR count). The van der Waals surface area contributed by atoms with Crippen LogP contribution in [-0.2, 0) is 11.3 Å². The van der Waals surface area contributed by atoms with Crippen LogP contribution >= 0.6 is 23.2 Å². The number of carbonyl (C=O) groups excluding carboxylic acids is 1. The molecule has 1 aromatic heterocycles. The first kappa shape index (κ1) is 16.8. The third-order valence-electron chi connectivity index (χ3n) is 3.13. The molecule has 2 atom stereocenters. The summed E-state index contributed by atoms with van der Waals surface area (Å²) in [6, 6.07) is 6.43. The topological polar surface area (TPSA) is 67.2 Å². The minimum Gasteiger partial charge on any atom is -0.378 e. The van der Waals surface area contributed by atoms with E-state index in [1.807, 2.05) is 19.2 Å². The molecule has 118 valence electrons. The van der Waals surface area contributed by atoms with Gasteiger partial charge in [0.05, 0.1) is 0 Å². The Morgan fingerprint density at radius 2 is 2.05 bits per heavy atom. The van der Waals surface area contributed by atoms with Gasteiger partial charge in [-0.3, -0.25) is 9.48 Å². The fourth-order valence-electron chi connectivity index (χ4n) is 2.05. The smallest absolute Gasteiger partial charge is 0.253 e. The molecule has 0 unspecified atom stereocenters. The van der Waals surface area contributed by atoms with Crippen molar-refractivity contribution in [2.24, 2.45) is 5.92 Å².